The smallest absolute Gasteiger partial charge is 0.308 e. The topological polar surface area (TPSA) is 102 Å². The number of hydrogen-bond acceptors (Lipinski definition) is 5. The summed E-state index contributed by atoms with van der Waals surface area (Å²) in [6.45, 7) is 1.53. The first-order chi connectivity index (χ1) is 9.28. The van der Waals surface area contributed by atoms with Crippen LogP contribution in [-0.2, 0) is 14.8 Å². The lowest BCUT2D eigenvalue weighted by Gasteiger charge is -2.07. The zero-order chi connectivity index (χ0) is 15.2. The maximum atomic E-state index is 11.8. The van der Waals surface area contributed by atoms with E-state index in [1.54, 1.807) is 18.2 Å². The fraction of sp³-hybridized carbons (Fsp3) is 0.333. The number of carbonyl (C=O) groups excluding carboxylic acids is 2. The molecule has 1 aromatic rings. The number of carbonyl (C=O) groups is 2. The minimum absolute atomic E-state index is 0.105. The van der Waals surface area contributed by atoms with Crippen LogP contribution in [0.25, 0.3) is 0 Å². The maximum absolute atomic E-state index is 11.8. The molecule has 0 fully saturated rings. The van der Waals surface area contributed by atoms with Gasteiger partial charge in [-0.2, -0.15) is 0 Å². The van der Waals surface area contributed by atoms with E-state index < -0.39 is 16.0 Å². The molecule has 0 atom stereocenters. The summed E-state index contributed by atoms with van der Waals surface area (Å²) in [5.41, 5.74) is 0.322. The van der Waals surface area contributed by atoms with Crippen molar-refractivity contribution in [1.29, 1.82) is 0 Å². The van der Waals surface area contributed by atoms with Gasteiger partial charge in [-0.3, -0.25) is 9.59 Å². The minimum Gasteiger partial charge on any atom is -0.427 e. The van der Waals surface area contributed by atoms with E-state index in [1.807, 2.05) is 0 Å². The molecular weight excluding hydrogens is 284 g/mol. The summed E-state index contributed by atoms with van der Waals surface area (Å²) in [4.78, 5) is 22.6. The van der Waals surface area contributed by atoms with Crippen molar-refractivity contribution in [2.24, 2.45) is 0 Å². The van der Waals surface area contributed by atoms with Gasteiger partial charge in [0.15, 0.2) is 0 Å². The van der Waals surface area contributed by atoms with E-state index in [2.05, 4.69) is 10.0 Å². The molecule has 1 rings (SSSR count). The second kappa shape index (κ2) is 7.01. The number of ether oxygens (including phenoxy) is 1. The summed E-state index contributed by atoms with van der Waals surface area (Å²) >= 11 is 0. The van der Waals surface area contributed by atoms with Crippen LogP contribution in [0.2, 0.25) is 0 Å². The molecule has 0 aliphatic rings. The van der Waals surface area contributed by atoms with E-state index in [0.717, 1.165) is 6.26 Å². The number of sulfonamides is 1. The highest BCUT2D eigenvalue weighted by Gasteiger charge is 2.07. The van der Waals surface area contributed by atoms with Gasteiger partial charge in [-0.1, -0.05) is 6.07 Å². The predicted octanol–water partition coefficient (Wildman–Crippen LogP) is -0.109. The lowest BCUT2D eigenvalue weighted by Crippen LogP contribution is -2.34. The Morgan fingerprint density at radius 3 is 2.55 bits per heavy atom. The highest BCUT2D eigenvalue weighted by atomic mass is 32.2. The van der Waals surface area contributed by atoms with E-state index >= 15 is 0 Å². The zero-order valence-corrected chi connectivity index (χ0v) is 12.0. The van der Waals surface area contributed by atoms with Crippen molar-refractivity contribution in [1.82, 2.24) is 10.0 Å². The van der Waals surface area contributed by atoms with Crippen LogP contribution in [0.3, 0.4) is 0 Å². The van der Waals surface area contributed by atoms with Crippen molar-refractivity contribution in [3.05, 3.63) is 29.8 Å². The standard InChI is InChI=1S/C12H16N2O5S/c1-9(15)19-11-5-3-4-10(8-11)12(16)13-6-7-14-20(2,17)18/h3-5,8,14H,6-7H2,1-2H3,(H,13,16). The Labute approximate surface area is 117 Å². The highest BCUT2D eigenvalue weighted by Crippen LogP contribution is 2.13. The predicted molar refractivity (Wildman–Crippen MR) is 72.9 cm³/mol. The molecule has 1 amide bonds. The molecule has 7 nitrogen and oxygen atoms in total. The van der Waals surface area contributed by atoms with Gasteiger partial charge in [0.25, 0.3) is 5.91 Å². The molecule has 0 unspecified atom stereocenters. The summed E-state index contributed by atoms with van der Waals surface area (Å²) in [5, 5.41) is 2.55. The molecule has 0 aliphatic heterocycles. The summed E-state index contributed by atoms with van der Waals surface area (Å²) < 4.78 is 28.8. The Morgan fingerprint density at radius 2 is 1.95 bits per heavy atom. The monoisotopic (exact) mass is 300 g/mol. The van der Waals surface area contributed by atoms with Gasteiger partial charge in [0.1, 0.15) is 5.75 Å². The van der Waals surface area contributed by atoms with Crippen molar-refractivity contribution in [3.63, 3.8) is 0 Å². The molecule has 0 radical (unpaired) electrons. The van der Waals surface area contributed by atoms with E-state index in [-0.39, 0.29) is 24.7 Å². The molecule has 2 N–H and O–H groups in total. The molecule has 0 bridgehead atoms. The maximum Gasteiger partial charge on any atom is 0.308 e. The Hall–Kier alpha value is -1.93. The van der Waals surface area contributed by atoms with Gasteiger partial charge in [0, 0.05) is 25.6 Å². The molecule has 0 aromatic heterocycles. The van der Waals surface area contributed by atoms with Crippen LogP contribution >= 0.6 is 0 Å². The molecule has 20 heavy (non-hydrogen) atoms. The summed E-state index contributed by atoms with van der Waals surface area (Å²) in [7, 11) is -3.27. The number of esters is 1. The Bertz CT molecular complexity index is 598. The van der Waals surface area contributed by atoms with Gasteiger partial charge in [-0.25, -0.2) is 13.1 Å². The van der Waals surface area contributed by atoms with Crippen LogP contribution < -0.4 is 14.8 Å². The molecule has 0 saturated heterocycles. The summed E-state index contributed by atoms with van der Waals surface area (Å²) in [6, 6.07) is 6.14. The summed E-state index contributed by atoms with van der Waals surface area (Å²) in [5.74, 6) is -0.575. The third-order valence-electron chi connectivity index (χ3n) is 2.13. The van der Waals surface area contributed by atoms with Gasteiger partial charge >= 0.3 is 5.97 Å². The minimum atomic E-state index is -3.27. The number of rotatable bonds is 6. The number of amides is 1. The summed E-state index contributed by atoms with van der Waals surface area (Å²) in [6.07, 6.45) is 1.04. The van der Waals surface area contributed by atoms with Gasteiger partial charge in [-0.05, 0) is 18.2 Å². The van der Waals surface area contributed by atoms with E-state index in [9.17, 15) is 18.0 Å². The SMILES string of the molecule is CC(=O)Oc1cccc(C(=O)NCCNS(C)(=O)=O)c1. The molecule has 0 spiro atoms. The van der Waals surface area contributed by atoms with E-state index in [4.69, 9.17) is 4.74 Å². The van der Waals surface area contributed by atoms with Crippen LogP contribution in [0.5, 0.6) is 5.75 Å². The molecule has 1 aromatic carbocycles. The van der Waals surface area contributed by atoms with Crippen LogP contribution in [0.1, 0.15) is 17.3 Å². The average molecular weight is 300 g/mol. The van der Waals surface area contributed by atoms with E-state index in [1.165, 1.54) is 13.0 Å². The molecule has 0 aliphatic carbocycles. The quantitative estimate of drug-likeness (QED) is 0.434. The van der Waals surface area contributed by atoms with Crippen LogP contribution in [0, 0.1) is 0 Å². The largest absolute Gasteiger partial charge is 0.427 e. The second-order valence-corrected chi connectivity index (χ2v) is 5.88. The third-order valence-corrected chi connectivity index (χ3v) is 2.86. The van der Waals surface area contributed by atoms with Crippen LogP contribution in [0.4, 0.5) is 0 Å². The van der Waals surface area contributed by atoms with Gasteiger partial charge in [-0.15, -0.1) is 0 Å². The molecule has 110 valence electrons. The zero-order valence-electron chi connectivity index (χ0n) is 11.2. The lowest BCUT2D eigenvalue weighted by molar-refractivity contribution is -0.131. The van der Waals surface area contributed by atoms with Crippen molar-refractivity contribution in [3.8, 4) is 5.75 Å². The Kier molecular flexibility index (Phi) is 5.66. The van der Waals surface area contributed by atoms with Gasteiger partial charge < -0.3 is 10.1 Å². The van der Waals surface area contributed by atoms with E-state index in [0.29, 0.717) is 5.56 Å². The Balaban J connectivity index is 2.53. The Morgan fingerprint density at radius 1 is 1.25 bits per heavy atom. The molecular formula is C12H16N2O5S. The van der Waals surface area contributed by atoms with Gasteiger partial charge in [0.05, 0.1) is 6.26 Å². The fourth-order valence-electron chi connectivity index (χ4n) is 1.38. The number of nitrogens with one attached hydrogen (secondary N) is 2. The van der Waals surface area contributed by atoms with Crippen molar-refractivity contribution < 1.29 is 22.7 Å². The van der Waals surface area contributed by atoms with Crippen LogP contribution in [0.15, 0.2) is 24.3 Å². The average Bonchev–Trinajstić information content (AvgIpc) is 2.32. The third kappa shape index (κ3) is 6.30. The van der Waals surface area contributed by atoms with Gasteiger partial charge in [0.2, 0.25) is 10.0 Å². The molecule has 0 saturated carbocycles. The first-order valence-electron chi connectivity index (χ1n) is 5.79. The van der Waals surface area contributed by atoms with Crippen molar-refractivity contribution in [2.75, 3.05) is 19.3 Å². The number of benzene rings is 1. The van der Waals surface area contributed by atoms with Crippen LogP contribution in [-0.4, -0.2) is 39.6 Å². The first-order valence-corrected chi connectivity index (χ1v) is 7.68. The van der Waals surface area contributed by atoms with Crippen molar-refractivity contribution in [2.45, 2.75) is 6.92 Å². The number of hydrogen-bond donors (Lipinski definition) is 2. The van der Waals surface area contributed by atoms with Crippen molar-refractivity contribution >= 4 is 21.9 Å². The highest BCUT2D eigenvalue weighted by molar-refractivity contribution is 7.88. The molecule has 8 heteroatoms. The molecule has 0 heterocycles. The fourth-order valence-corrected chi connectivity index (χ4v) is 1.85. The lowest BCUT2D eigenvalue weighted by atomic mass is 10.2. The first kappa shape index (κ1) is 16.1. The second-order valence-electron chi connectivity index (χ2n) is 4.04. The normalized spacial score (nSPS) is 10.9.